The standard InChI is InChI=1S/C16H17F2N3O2S/c1-20-6-8-21(9-7-20)16-19-14(22)13(24-16)10-11-2-4-12(5-3-11)23-15(17)18/h2-5,10,15H,6-9H2,1H3. The molecule has 0 aliphatic carbocycles. The Balaban J connectivity index is 1.65. The van der Waals surface area contributed by atoms with Crippen LogP contribution in [0.2, 0.25) is 0 Å². The SMILES string of the molecule is CN1CCN(C2=NC(=O)C(=Cc3ccc(OC(F)F)cc3)S2)CC1. The lowest BCUT2D eigenvalue weighted by Crippen LogP contribution is -2.46. The van der Waals surface area contributed by atoms with Crippen molar-refractivity contribution in [2.45, 2.75) is 6.61 Å². The van der Waals surface area contributed by atoms with Crippen LogP contribution in [-0.2, 0) is 4.79 Å². The first-order chi connectivity index (χ1) is 11.5. The molecule has 3 rings (SSSR count). The second-order valence-corrected chi connectivity index (χ2v) is 6.56. The number of likely N-dealkylation sites (N-methyl/N-ethyl adjacent to an activating group) is 1. The number of halogens is 2. The molecular formula is C16H17F2N3O2S. The number of hydrogen-bond donors (Lipinski definition) is 0. The summed E-state index contributed by atoms with van der Waals surface area (Å²) in [7, 11) is 2.07. The van der Waals surface area contributed by atoms with Crippen molar-refractivity contribution in [1.82, 2.24) is 9.80 Å². The zero-order valence-corrected chi connectivity index (χ0v) is 13.9. The van der Waals surface area contributed by atoms with Crippen LogP contribution in [0.1, 0.15) is 5.56 Å². The summed E-state index contributed by atoms with van der Waals surface area (Å²) in [5.74, 6) is -0.172. The van der Waals surface area contributed by atoms with Gasteiger partial charge in [0.15, 0.2) is 5.17 Å². The Morgan fingerprint density at radius 1 is 1.21 bits per heavy atom. The maximum atomic E-state index is 12.1. The third-order valence-corrected chi connectivity index (χ3v) is 4.83. The number of thioether (sulfide) groups is 1. The molecular weight excluding hydrogens is 336 g/mol. The molecule has 0 atom stereocenters. The van der Waals surface area contributed by atoms with Gasteiger partial charge < -0.3 is 14.5 Å². The number of alkyl halides is 2. The van der Waals surface area contributed by atoms with E-state index in [0.717, 1.165) is 36.9 Å². The quantitative estimate of drug-likeness (QED) is 0.782. The minimum atomic E-state index is -2.85. The molecule has 5 nitrogen and oxygen atoms in total. The van der Waals surface area contributed by atoms with Crippen LogP contribution in [-0.4, -0.2) is 60.7 Å². The molecule has 0 N–H and O–H groups in total. The maximum absolute atomic E-state index is 12.1. The first-order valence-corrected chi connectivity index (χ1v) is 8.34. The summed E-state index contributed by atoms with van der Waals surface area (Å²) < 4.78 is 28.6. The van der Waals surface area contributed by atoms with Crippen molar-refractivity contribution in [3.8, 4) is 5.75 Å². The van der Waals surface area contributed by atoms with Gasteiger partial charge in [-0.15, -0.1) is 0 Å². The molecule has 1 aromatic rings. The van der Waals surface area contributed by atoms with Gasteiger partial charge in [0.1, 0.15) is 5.75 Å². The molecule has 2 heterocycles. The minimum Gasteiger partial charge on any atom is -0.435 e. The van der Waals surface area contributed by atoms with Crippen molar-refractivity contribution in [2.24, 2.45) is 4.99 Å². The fourth-order valence-corrected chi connectivity index (χ4v) is 3.39. The predicted octanol–water partition coefficient (Wildman–Crippen LogP) is 2.51. The van der Waals surface area contributed by atoms with E-state index in [4.69, 9.17) is 0 Å². The molecule has 0 unspecified atom stereocenters. The van der Waals surface area contributed by atoms with Crippen molar-refractivity contribution < 1.29 is 18.3 Å². The van der Waals surface area contributed by atoms with E-state index in [2.05, 4.69) is 26.6 Å². The Morgan fingerprint density at radius 2 is 1.88 bits per heavy atom. The highest BCUT2D eigenvalue weighted by Gasteiger charge is 2.27. The number of carbonyl (C=O) groups is 1. The number of rotatable bonds is 3. The smallest absolute Gasteiger partial charge is 0.387 e. The van der Waals surface area contributed by atoms with E-state index < -0.39 is 6.61 Å². The molecule has 8 heteroatoms. The normalized spacial score (nSPS) is 20.8. The lowest BCUT2D eigenvalue weighted by Gasteiger charge is -2.32. The predicted molar refractivity (Wildman–Crippen MR) is 90.2 cm³/mol. The van der Waals surface area contributed by atoms with Crippen molar-refractivity contribution in [3.63, 3.8) is 0 Å². The van der Waals surface area contributed by atoms with Crippen LogP contribution in [0.15, 0.2) is 34.2 Å². The van der Waals surface area contributed by atoms with Crippen molar-refractivity contribution in [1.29, 1.82) is 0 Å². The Labute approximate surface area is 143 Å². The number of amidine groups is 1. The number of aliphatic imine (C=N–C) groups is 1. The molecule has 2 aliphatic rings. The van der Waals surface area contributed by atoms with Crippen LogP contribution in [0.3, 0.4) is 0 Å². The first kappa shape index (κ1) is 16.9. The largest absolute Gasteiger partial charge is 0.435 e. The fourth-order valence-electron chi connectivity index (χ4n) is 2.43. The second kappa shape index (κ2) is 7.31. The van der Waals surface area contributed by atoms with Gasteiger partial charge in [0.25, 0.3) is 5.91 Å². The Hall–Kier alpha value is -1.93. The van der Waals surface area contributed by atoms with Crippen LogP contribution >= 0.6 is 11.8 Å². The average molecular weight is 353 g/mol. The van der Waals surface area contributed by atoms with E-state index in [1.54, 1.807) is 18.2 Å². The summed E-state index contributed by atoms with van der Waals surface area (Å²) in [4.78, 5) is 21.1. The first-order valence-electron chi connectivity index (χ1n) is 7.52. The average Bonchev–Trinajstić information content (AvgIpc) is 2.90. The topological polar surface area (TPSA) is 45.1 Å². The van der Waals surface area contributed by atoms with Crippen molar-refractivity contribution in [2.75, 3.05) is 33.2 Å². The number of ether oxygens (including phenoxy) is 1. The Kier molecular flexibility index (Phi) is 5.15. The summed E-state index contributed by atoms with van der Waals surface area (Å²) in [6.07, 6.45) is 1.71. The summed E-state index contributed by atoms with van der Waals surface area (Å²) in [6, 6.07) is 6.16. The van der Waals surface area contributed by atoms with Gasteiger partial charge in [-0.25, -0.2) is 0 Å². The van der Waals surface area contributed by atoms with Gasteiger partial charge in [0.05, 0.1) is 4.91 Å². The summed E-state index contributed by atoms with van der Waals surface area (Å²) >= 11 is 1.35. The van der Waals surface area contributed by atoms with Gasteiger partial charge in [0, 0.05) is 26.2 Å². The third-order valence-electron chi connectivity index (χ3n) is 3.79. The molecule has 1 amide bonds. The number of nitrogens with zero attached hydrogens (tertiary/aromatic N) is 3. The number of carbonyl (C=O) groups excluding carboxylic acids is 1. The van der Waals surface area contributed by atoms with Crippen LogP contribution in [0.5, 0.6) is 5.75 Å². The molecule has 2 aliphatic heterocycles. The van der Waals surface area contributed by atoms with Gasteiger partial charge in [0.2, 0.25) is 0 Å². The van der Waals surface area contributed by atoms with Gasteiger partial charge in [-0.3, -0.25) is 4.79 Å². The minimum absolute atomic E-state index is 0.0897. The van der Waals surface area contributed by atoms with E-state index in [1.807, 2.05) is 0 Å². The van der Waals surface area contributed by atoms with E-state index in [0.29, 0.717) is 4.91 Å². The zero-order valence-electron chi connectivity index (χ0n) is 13.1. The molecule has 1 aromatic carbocycles. The zero-order chi connectivity index (χ0) is 17.1. The number of amides is 1. The lowest BCUT2D eigenvalue weighted by molar-refractivity contribution is -0.113. The van der Waals surface area contributed by atoms with Gasteiger partial charge in [-0.2, -0.15) is 13.8 Å². The van der Waals surface area contributed by atoms with E-state index in [-0.39, 0.29) is 11.7 Å². The molecule has 1 fully saturated rings. The van der Waals surface area contributed by atoms with Crippen molar-refractivity contribution in [3.05, 3.63) is 34.7 Å². The molecule has 0 saturated carbocycles. The fraction of sp³-hybridized carbons (Fsp3) is 0.375. The van der Waals surface area contributed by atoms with E-state index in [9.17, 15) is 13.6 Å². The highest BCUT2D eigenvalue weighted by atomic mass is 32.2. The molecule has 24 heavy (non-hydrogen) atoms. The monoisotopic (exact) mass is 353 g/mol. The van der Waals surface area contributed by atoms with Crippen molar-refractivity contribution >= 4 is 28.9 Å². The highest BCUT2D eigenvalue weighted by Crippen LogP contribution is 2.31. The molecule has 0 bridgehead atoms. The van der Waals surface area contributed by atoms with Crippen LogP contribution in [0, 0.1) is 0 Å². The van der Waals surface area contributed by atoms with E-state index in [1.165, 1.54) is 23.9 Å². The maximum Gasteiger partial charge on any atom is 0.387 e. The summed E-state index contributed by atoms with van der Waals surface area (Å²) in [6.45, 7) is 0.739. The lowest BCUT2D eigenvalue weighted by atomic mass is 10.2. The third kappa shape index (κ3) is 4.12. The second-order valence-electron chi connectivity index (χ2n) is 5.55. The molecule has 128 valence electrons. The summed E-state index contributed by atoms with van der Waals surface area (Å²) in [5.41, 5.74) is 0.738. The van der Waals surface area contributed by atoms with E-state index >= 15 is 0 Å². The Morgan fingerprint density at radius 3 is 2.50 bits per heavy atom. The highest BCUT2D eigenvalue weighted by molar-refractivity contribution is 8.18. The number of hydrogen-bond acceptors (Lipinski definition) is 5. The van der Waals surface area contributed by atoms with Gasteiger partial charge in [-0.1, -0.05) is 12.1 Å². The molecule has 0 radical (unpaired) electrons. The molecule has 0 aromatic heterocycles. The van der Waals surface area contributed by atoms with Gasteiger partial charge in [-0.05, 0) is 42.6 Å². The Bertz CT molecular complexity index is 668. The molecule has 0 spiro atoms. The summed E-state index contributed by atoms with van der Waals surface area (Å²) in [5, 5.41) is 0.733. The van der Waals surface area contributed by atoms with Gasteiger partial charge >= 0.3 is 6.61 Å². The number of piperazine rings is 1. The van der Waals surface area contributed by atoms with Crippen LogP contribution in [0.25, 0.3) is 6.08 Å². The molecule has 1 saturated heterocycles. The van der Waals surface area contributed by atoms with Crippen LogP contribution < -0.4 is 4.74 Å². The number of benzene rings is 1. The van der Waals surface area contributed by atoms with Crippen LogP contribution in [0.4, 0.5) is 8.78 Å².